The first-order chi connectivity index (χ1) is 16.3. The maximum Gasteiger partial charge on any atom is 0.248 e. The van der Waals surface area contributed by atoms with Crippen LogP contribution in [0, 0.1) is 40.4 Å². The quantitative estimate of drug-likeness (QED) is 0.392. The molecule has 35 heavy (non-hydrogen) atoms. The monoisotopic (exact) mass is 487 g/mol. The second kappa shape index (κ2) is 10.1. The summed E-state index contributed by atoms with van der Waals surface area (Å²) in [6.07, 6.45) is 16.3. The molecule has 0 spiro atoms. The standard InChI is InChI=1S/C31H53NO3/c1-21(9-8-16-29(2,3)34)25-12-13-26-24-11-10-22-19-23(35-20-28(33)32(6)7)14-17-30(22,4)27(24)15-18-31(25,26)5/h10,21,23-27,34H,8-9,11-20H2,1-7H3/t21-,23+,24+,25-,26+,27+,30+,31-/m1/s1. The molecule has 0 heterocycles. The first-order valence-corrected chi connectivity index (χ1v) is 14.6. The maximum absolute atomic E-state index is 12.0. The highest BCUT2D eigenvalue weighted by Crippen LogP contribution is 2.67. The molecule has 8 atom stereocenters. The van der Waals surface area contributed by atoms with Crippen LogP contribution in [0.5, 0.6) is 0 Å². The van der Waals surface area contributed by atoms with E-state index in [1.54, 1.807) is 24.6 Å². The number of likely N-dealkylation sites (N-methyl/N-ethyl adjacent to an activating group) is 1. The fourth-order valence-corrected chi connectivity index (χ4v) is 9.12. The fraction of sp³-hybridized carbons (Fsp3) is 0.903. The zero-order valence-corrected chi connectivity index (χ0v) is 23.7. The number of amides is 1. The highest BCUT2D eigenvalue weighted by molar-refractivity contribution is 5.76. The van der Waals surface area contributed by atoms with Crippen LogP contribution in [0.3, 0.4) is 0 Å². The third-order valence-corrected chi connectivity index (χ3v) is 11.2. The fourth-order valence-electron chi connectivity index (χ4n) is 9.12. The van der Waals surface area contributed by atoms with Crippen LogP contribution in [-0.2, 0) is 9.53 Å². The number of aliphatic hydroxyl groups is 1. The van der Waals surface area contributed by atoms with E-state index in [1.807, 2.05) is 13.8 Å². The van der Waals surface area contributed by atoms with Crippen LogP contribution in [0.15, 0.2) is 11.6 Å². The first-order valence-electron chi connectivity index (χ1n) is 14.6. The predicted molar refractivity (Wildman–Crippen MR) is 143 cm³/mol. The number of fused-ring (bicyclic) bond motifs is 5. The van der Waals surface area contributed by atoms with Crippen LogP contribution >= 0.6 is 0 Å². The third kappa shape index (κ3) is 5.40. The average molecular weight is 488 g/mol. The number of ether oxygens (including phenoxy) is 1. The van der Waals surface area contributed by atoms with Gasteiger partial charge in [0, 0.05) is 14.1 Å². The molecule has 4 heteroatoms. The molecule has 4 nitrogen and oxygen atoms in total. The van der Waals surface area contributed by atoms with Crippen molar-refractivity contribution in [1.29, 1.82) is 0 Å². The minimum atomic E-state index is -0.534. The van der Waals surface area contributed by atoms with E-state index in [9.17, 15) is 9.90 Å². The molecule has 0 unspecified atom stereocenters. The Labute approximate surface area is 215 Å². The van der Waals surface area contributed by atoms with E-state index in [2.05, 4.69) is 26.8 Å². The molecule has 0 aromatic rings. The van der Waals surface area contributed by atoms with Gasteiger partial charge in [-0.05, 0) is 112 Å². The molecule has 1 N–H and O–H groups in total. The van der Waals surface area contributed by atoms with Gasteiger partial charge in [0.05, 0.1) is 11.7 Å². The summed E-state index contributed by atoms with van der Waals surface area (Å²) in [6.45, 7) is 11.8. The van der Waals surface area contributed by atoms with Gasteiger partial charge in [0.1, 0.15) is 6.61 Å². The number of carbonyl (C=O) groups excluding carboxylic acids is 1. The molecule has 0 bridgehead atoms. The van der Waals surface area contributed by atoms with Crippen molar-refractivity contribution >= 4 is 5.91 Å². The molecule has 0 saturated heterocycles. The van der Waals surface area contributed by atoms with E-state index in [0.29, 0.717) is 10.8 Å². The van der Waals surface area contributed by atoms with Gasteiger partial charge in [0.15, 0.2) is 0 Å². The van der Waals surface area contributed by atoms with Crippen molar-refractivity contribution in [3.05, 3.63) is 11.6 Å². The van der Waals surface area contributed by atoms with E-state index in [4.69, 9.17) is 4.74 Å². The largest absolute Gasteiger partial charge is 0.390 e. The molecule has 0 radical (unpaired) electrons. The Balaban J connectivity index is 1.41. The lowest BCUT2D eigenvalue weighted by Crippen LogP contribution is -2.51. The minimum Gasteiger partial charge on any atom is -0.390 e. The molecular formula is C31H53NO3. The molecule has 0 aromatic heterocycles. The lowest BCUT2D eigenvalue weighted by molar-refractivity contribution is -0.136. The molecule has 0 aliphatic heterocycles. The SMILES string of the molecule is C[C@H](CCCC(C)(C)O)[C@H]1CC[C@H]2[C@@H]3CC=C4C[C@@H](OCC(=O)N(C)C)CC[C@]4(C)[C@H]3CC[C@]12C. The van der Waals surface area contributed by atoms with Gasteiger partial charge in [-0.15, -0.1) is 0 Å². The zero-order valence-electron chi connectivity index (χ0n) is 23.7. The van der Waals surface area contributed by atoms with Crippen LogP contribution in [-0.4, -0.2) is 48.3 Å². The van der Waals surface area contributed by atoms with Crippen molar-refractivity contribution in [3.8, 4) is 0 Å². The number of hydrogen-bond acceptors (Lipinski definition) is 3. The van der Waals surface area contributed by atoms with E-state index in [1.165, 1.54) is 44.9 Å². The Morgan fingerprint density at radius 1 is 1.17 bits per heavy atom. The van der Waals surface area contributed by atoms with Crippen LogP contribution in [0.25, 0.3) is 0 Å². The third-order valence-electron chi connectivity index (χ3n) is 11.2. The Bertz CT molecular complexity index is 798. The van der Waals surface area contributed by atoms with E-state index in [0.717, 1.165) is 55.3 Å². The normalized spacial score (nSPS) is 39.8. The van der Waals surface area contributed by atoms with Crippen LogP contribution in [0.1, 0.15) is 105 Å². The average Bonchev–Trinajstić information content (AvgIpc) is 3.13. The molecule has 3 fully saturated rings. The van der Waals surface area contributed by atoms with Gasteiger partial charge < -0.3 is 14.7 Å². The summed E-state index contributed by atoms with van der Waals surface area (Å²) in [6, 6.07) is 0. The highest BCUT2D eigenvalue weighted by Gasteiger charge is 2.59. The second-order valence-electron chi connectivity index (χ2n) is 14.1. The van der Waals surface area contributed by atoms with Gasteiger partial charge in [-0.25, -0.2) is 0 Å². The summed E-state index contributed by atoms with van der Waals surface area (Å²) >= 11 is 0. The minimum absolute atomic E-state index is 0.0627. The topological polar surface area (TPSA) is 49.8 Å². The lowest BCUT2D eigenvalue weighted by atomic mass is 9.47. The van der Waals surface area contributed by atoms with Gasteiger partial charge in [0.25, 0.3) is 0 Å². The summed E-state index contributed by atoms with van der Waals surface area (Å²) < 4.78 is 6.07. The van der Waals surface area contributed by atoms with Crippen molar-refractivity contribution in [2.24, 2.45) is 40.4 Å². The van der Waals surface area contributed by atoms with Gasteiger partial charge in [-0.2, -0.15) is 0 Å². The molecule has 4 rings (SSSR count). The van der Waals surface area contributed by atoms with Gasteiger partial charge >= 0.3 is 0 Å². The Morgan fingerprint density at radius 2 is 1.91 bits per heavy atom. The van der Waals surface area contributed by atoms with Crippen molar-refractivity contribution in [2.45, 2.75) is 117 Å². The zero-order chi connectivity index (χ0) is 25.6. The Kier molecular flexibility index (Phi) is 7.86. The summed E-state index contributed by atoms with van der Waals surface area (Å²) in [5.41, 5.74) is 1.91. The van der Waals surface area contributed by atoms with E-state index in [-0.39, 0.29) is 18.6 Å². The molecule has 4 aliphatic rings. The second-order valence-corrected chi connectivity index (χ2v) is 14.1. The van der Waals surface area contributed by atoms with Gasteiger partial charge in [-0.1, -0.05) is 45.3 Å². The summed E-state index contributed by atoms with van der Waals surface area (Å²) in [7, 11) is 3.60. The molecule has 4 aliphatic carbocycles. The van der Waals surface area contributed by atoms with Crippen molar-refractivity contribution < 1.29 is 14.6 Å². The van der Waals surface area contributed by atoms with Crippen LogP contribution < -0.4 is 0 Å². The molecule has 3 saturated carbocycles. The highest BCUT2D eigenvalue weighted by atomic mass is 16.5. The number of nitrogens with zero attached hydrogens (tertiary/aromatic N) is 1. The van der Waals surface area contributed by atoms with E-state index >= 15 is 0 Å². The summed E-state index contributed by atoms with van der Waals surface area (Å²) in [5.74, 6) is 4.17. The van der Waals surface area contributed by atoms with Crippen molar-refractivity contribution in [1.82, 2.24) is 4.90 Å². The van der Waals surface area contributed by atoms with Crippen molar-refractivity contribution in [2.75, 3.05) is 20.7 Å². The number of rotatable bonds is 8. The summed E-state index contributed by atoms with van der Waals surface area (Å²) in [5, 5.41) is 10.1. The smallest absolute Gasteiger partial charge is 0.248 e. The molecule has 0 aromatic carbocycles. The van der Waals surface area contributed by atoms with Gasteiger partial charge in [0.2, 0.25) is 5.91 Å². The van der Waals surface area contributed by atoms with Crippen LogP contribution in [0.2, 0.25) is 0 Å². The van der Waals surface area contributed by atoms with E-state index < -0.39 is 5.60 Å². The first kappa shape index (κ1) is 27.2. The summed E-state index contributed by atoms with van der Waals surface area (Å²) in [4.78, 5) is 13.6. The van der Waals surface area contributed by atoms with Crippen molar-refractivity contribution in [3.63, 3.8) is 0 Å². The van der Waals surface area contributed by atoms with Gasteiger partial charge in [-0.3, -0.25) is 4.79 Å². The molecule has 200 valence electrons. The lowest BCUT2D eigenvalue weighted by Gasteiger charge is -2.58. The Hall–Kier alpha value is -0.870. The van der Waals surface area contributed by atoms with Crippen LogP contribution in [0.4, 0.5) is 0 Å². The molecular weight excluding hydrogens is 434 g/mol. The number of carbonyl (C=O) groups is 1. The molecule has 1 amide bonds. The Morgan fingerprint density at radius 3 is 2.60 bits per heavy atom. The number of allylic oxidation sites excluding steroid dienone is 1. The number of hydrogen-bond donors (Lipinski definition) is 1. The maximum atomic E-state index is 12.0. The predicted octanol–water partition coefficient (Wildman–Crippen LogP) is 6.62.